The Morgan fingerprint density at radius 3 is 2.80 bits per heavy atom. The smallest absolute Gasteiger partial charge is 0.150 e. The number of ether oxygens (including phenoxy) is 1. The van der Waals surface area contributed by atoms with Gasteiger partial charge in [0, 0.05) is 11.4 Å². The first kappa shape index (κ1) is 11.8. The van der Waals surface area contributed by atoms with Gasteiger partial charge < -0.3 is 4.74 Å². The standard InChI is InChI=1S/C12H13ClO2/c1-15-12-6-5-11(9-14)10(8-12)4-2-3-7-13/h2,4-6,8-9H,3,7H2,1H3. The summed E-state index contributed by atoms with van der Waals surface area (Å²) in [6.45, 7) is 0. The number of rotatable bonds is 5. The number of carbonyl (C=O) groups is 1. The van der Waals surface area contributed by atoms with E-state index in [1.807, 2.05) is 18.2 Å². The van der Waals surface area contributed by atoms with E-state index in [2.05, 4.69) is 0 Å². The van der Waals surface area contributed by atoms with Crippen LogP contribution in [0.15, 0.2) is 24.3 Å². The van der Waals surface area contributed by atoms with Crippen molar-refractivity contribution in [2.24, 2.45) is 0 Å². The van der Waals surface area contributed by atoms with Gasteiger partial charge in [-0.2, -0.15) is 0 Å². The molecule has 0 spiro atoms. The molecule has 1 aromatic rings. The first-order chi connectivity index (χ1) is 7.31. The highest BCUT2D eigenvalue weighted by atomic mass is 35.5. The maximum Gasteiger partial charge on any atom is 0.150 e. The summed E-state index contributed by atoms with van der Waals surface area (Å²) in [5, 5.41) is 0. The Hall–Kier alpha value is -1.28. The molecule has 1 aromatic carbocycles. The van der Waals surface area contributed by atoms with Gasteiger partial charge in [-0.05, 0) is 30.2 Å². The number of halogens is 1. The minimum absolute atomic E-state index is 0.580. The van der Waals surface area contributed by atoms with E-state index >= 15 is 0 Å². The molecule has 0 fully saturated rings. The fraction of sp³-hybridized carbons (Fsp3) is 0.250. The zero-order valence-electron chi connectivity index (χ0n) is 8.57. The van der Waals surface area contributed by atoms with Crippen LogP contribution in [-0.2, 0) is 0 Å². The maximum absolute atomic E-state index is 10.8. The Kier molecular flexibility index (Phi) is 4.91. The normalized spacial score (nSPS) is 10.5. The SMILES string of the molecule is COc1ccc(C=O)c(C=CCCCl)c1. The van der Waals surface area contributed by atoms with E-state index < -0.39 is 0 Å². The molecule has 0 radical (unpaired) electrons. The van der Waals surface area contributed by atoms with Crippen LogP contribution >= 0.6 is 11.6 Å². The van der Waals surface area contributed by atoms with Gasteiger partial charge in [-0.15, -0.1) is 11.6 Å². The number of allylic oxidation sites excluding steroid dienone is 1. The van der Waals surface area contributed by atoms with E-state index in [1.165, 1.54) is 0 Å². The molecule has 3 heteroatoms. The van der Waals surface area contributed by atoms with Gasteiger partial charge in [-0.25, -0.2) is 0 Å². The molecule has 0 N–H and O–H groups in total. The fourth-order valence-electron chi connectivity index (χ4n) is 1.20. The average Bonchev–Trinajstić information content (AvgIpc) is 2.29. The van der Waals surface area contributed by atoms with Crippen LogP contribution in [0.4, 0.5) is 0 Å². The van der Waals surface area contributed by atoms with Crippen molar-refractivity contribution in [3.8, 4) is 5.75 Å². The molecule has 0 saturated heterocycles. The molecular weight excluding hydrogens is 212 g/mol. The number of aldehydes is 1. The minimum atomic E-state index is 0.580. The third kappa shape index (κ3) is 3.40. The van der Waals surface area contributed by atoms with E-state index in [-0.39, 0.29) is 0 Å². The molecule has 0 amide bonds. The quantitative estimate of drug-likeness (QED) is 0.567. The van der Waals surface area contributed by atoms with Crippen molar-refractivity contribution in [2.45, 2.75) is 6.42 Å². The number of methoxy groups -OCH3 is 1. The lowest BCUT2D eigenvalue weighted by Gasteiger charge is -2.03. The highest BCUT2D eigenvalue weighted by Crippen LogP contribution is 2.18. The Balaban J connectivity index is 2.95. The zero-order chi connectivity index (χ0) is 11.1. The molecule has 0 saturated carbocycles. The first-order valence-corrected chi connectivity index (χ1v) is 5.21. The summed E-state index contributed by atoms with van der Waals surface area (Å²) in [6.07, 6.45) is 5.44. The number of benzene rings is 1. The fourth-order valence-corrected chi connectivity index (χ4v) is 1.33. The summed E-state index contributed by atoms with van der Waals surface area (Å²) in [5.41, 5.74) is 1.51. The molecule has 0 bridgehead atoms. The Bertz CT molecular complexity index is 359. The van der Waals surface area contributed by atoms with Gasteiger partial charge in [0.05, 0.1) is 7.11 Å². The molecule has 80 valence electrons. The Labute approximate surface area is 94.5 Å². The van der Waals surface area contributed by atoms with Crippen molar-refractivity contribution < 1.29 is 9.53 Å². The highest BCUT2D eigenvalue weighted by molar-refractivity contribution is 6.17. The summed E-state index contributed by atoms with van der Waals surface area (Å²) < 4.78 is 5.08. The predicted molar refractivity (Wildman–Crippen MR) is 62.8 cm³/mol. The Morgan fingerprint density at radius 1 is 1.40 bits per heavy atom. The van der Waals surface area contributed by atoms with Crippen molar-refractivity contribution in [1.82, 2.24) is 0 Å². The third-order valence-corrected chi connectivity index (χ3v) is 2.21. The van der Waals surface area contributed by atoms with Crippen LogP contribution in [0, 0.1) is 0 Å². The third-order valence-electron chi connectivity index (χ3n) is 1.99. The second-order valence-corrected chi connectivity index (χ2v) is 3.37. The van der Waals surface area contributed by atoms with E-state index in [1.54, 1.807) is 19.2 Å². The molecule has 0 aliphatic rings. The van der Waals surface area contributed by atoms with Gasteiger partial charge in [0.2, 0.25) is 0 Å². The van der Waals surface area contributed by atoms with Gasteiger partial charge in [-0.1, -0.05) is 12.2 Å². The minimum Gasteiger partial charge on any atom is -0.497 e. The van der Waals surface area contributed by atoms with Gasteiger partial charge in [0.25, 0.3) is 0 Å². The second-order valence-electron chi connectivity index (χ2n) is 2.99. The van der Waals surface area contributed by atoms with E-state index in [0.717, 1.165) is 24.0 Å². The molecule has 0 aromatic heterocycles. The molecule has 2 nitrogen and oxygen atoms in total. The topological polar surface area (TPSA) is 26.3 Å². The number of hydrogen-bond donors (Lipinski definition) is 0. The summed E-state index contributed by atoms with van der Waals surface area (Å²) in [7, 11) is 1.60. The van der Waals surface area contributed by atoms with Gasteiger partial charge in [0.1, 0.15) is 5.75 Å². The first-order valence-electron chi connectivity index (χ1n) is 4.67. The van der Waals surface area contributed by atoms with E-state index in [4.69, 9.17) is 16.3 Å². The van der Waals surface area contributed by atoms with Gasteiger partial charge >= 0.3 is 0 Å². The molecule has 0 aliphatic heterocycles. The Morgan fingerprint density at radius 2 is 2.20 bits per heavy atom. The van der Waals surface area contributed by atoms with Crippen LogP contribution in [0.5, 0.6) is 5.75 Å². The number of carbonyl (C=O) groups excluding carboxylic acids is 1. The van der Waals surface area contributed by atoms with Crippen molar-refractivity contribution in [3.63, 3.8) is 0 Å². The van der Waals surface area contributed by atoms with Crippen LogP contribution in [0.1, 0.15) is 22.3 Å². The van der Waals surface area contributed by atoms with Crippen molar-refractivity contribution in [1.29, 1.82) is 0 Å². The lowest BCUT2D eigenvalue weighted by molar-refractivity contribution is 0.112. The average molecular weight is 225 g/mol. The molecule has 0 heterocycles. The van der Waals surface area contributed by atoms with Crippen LogP contribution < -0.4 is 4.74 Å². The summed E-state index contributed by atoms with van der Waals surface area (Å²) >= 11 is 5.55. The molecule has 0 atom stereocenters. The number of hydrogen-bond acceptors (Lipinski definition) is 2. The van der Waals surface area contributed by atoms with Crippen molar-refractivity contribution in [3.05, 3.63) is 35.4 Å². The largest absolute Gasteiger partial charge is 0.497 e. The van der Waals surface area contributed by atoms with E-state index in [0.29, 0.717) is 11.4 Å². The summed E-state index contributed by atoms with van der Waals surface area (Å²) in [4.78, 5) is 10.8. The monoisotopic (exact) mass is 224 g/mol. The summed E-state index contributed by atoms with van der Waals surface area (Å²) in [5.74, 6) is 1.32. The van der Waals surface area contributed by atoms with Crippen LogP contribution in [0.2, 0.25) is 0 Å². The van der Waals surface area contributed by atoms with Crippen LogP contribution in [-0.4, -0.2) is 19.3 Å². The van der Waals surface area contributed by atoms with Crippen LogP contribution in [0.3, 0.4) is 0 Å². The zero-order valence-corrected chi connectivity index (χ0v) is 9.33. The predicted octanol–water partition coefficient (Wildman–Crippen LogP) is 3.15. The molecule has 0 unspecified atom stereocenters. The van der Waals surface area contributed by atoms with E-state index in [9.17, 15) is 4.79 Å². The number of alkyl halides is 1. The molecule has 1 rings (SSSR count). The second kappa shape index (κ2) is 6.25. The van der Waals surface area contributed by atoms with Crippen molar-refractivity contribution >= 4 is 24.0 Å². The van der Waals surface area contributed by atoms with Crippen LogP contribution in [0.25, 0.3) is 6.08 Å². The highest BCUT2D eigenvalue weighted by Gasteiger charge is 1.99. The lowest BCUT2D eigenvalue weighted by Crippen LogP contribution is -1.89. The van der Waals surface area contributed by atoms with Crippen molar-refractivity contribution in [2.75, 3.05) is 13.0 Å². The summed E-state index contributed by atoms with van der Waals surface area (Å²) in [6, 6.07) is 5.34. The molecule has 15 heavy (non-hydrogen) atoms. The van der Waals surface area contributed by atoms with Gasteiger partial charge in [-0.3, -0.25) is 4.79 Å². The lowest BCUT2D eigenvalue weighted by atomic mass is 10.1. The van der Waals surface area contributed by atoms with Gasteiger partial charge in [0.15, 0.2) is 6.29 Å². The maximum atomic E-state index is 10.8. The molecule has 0 aliphatic carbocycles. The molecular formula is C12H13ClO2.